The van der Waals surface area contributed by atoms with Crippen LogP contribution in [0.2, 0.25) is 0 Å². The van der Waals surface area contributed by atoms with E-state index in [1.807, 2.05) is 40.8 Å². The van der Waals surface area contributed by atoms with Gasteiger partial charge in [-0.25, -0.2) is 9.80 Å². The van der Waals surface area contributed by atoms with Crippen molar-refractivity contribution in [1.29, 1.82) is 0 Å². The number of aryl methyl sites for hydroxylation is 2. The first-order valence-corrected chi connectivity index (χ1v) is 10.7. The van der Waals surface area contributed by atoms with Crippen LogP contribution in [0.5, 0.6) is 0 Å². The van der Waals surface area contributed by atoms with Crippen LogP contribution in [0.3, 0.4) is 0 Å². The molecule has 2 heterocycles. The van der Waals surface area contributed by atoms with E-state index in [0.29, 0.717) is 18.1 Å². The minimum absolute atomic E-state index is 0.359. The number of ether oxygens (including phenoxy) is 1. The molecule has 0 N–H and O–H groups in total. The molecule has 7 heteroatoms. The van der Waals surface area contributed by atoms with Crippen LogP contribution >= 0.6 is 0 Å². The van der Waals surface area contributed by atoms with Crippen molar-refractivity contribution in [3.05, 3.63) is 106 Å². The standard InChI is InChI=1S/C26H23N5O2/c1-17-8-12-20(13-9-17)24-22-6-4-5-7-23(22)31-18(2)27-28-26(31)30(29-24)16-19-10-14-21(15-11-19)25(32)33-3/h4-15H,16H2,1-3H3. The van der Waals surface area contributed by atoms with Gasteiger partial charge in [-0.05, 0) is 37.6 Å². The molecule has 0 fully saturated rings. The van der Waals surface area contributed by atoms with E-state index >= 15 is 0 Å². The van der Waals surface area contributed by atoms with Crippen molar-refractivity contribution >= 4 is 17.6 Å². The maximum atomic E-state index is 11.8. The smallest absolute Gasteiger partial charge is 0.337 e. The quantitative estimate of drug-likeness (QED) is 0.441. The van der Waals surface area contributed by atoms with Gasteiger partial charge in [-0.2, -0.15) is 5.10 Å². The highest BCUT2D eigenvalue weighted by Gasteiger charge is 2.26. The molecule has 0 bridgehead atoms. The fourth-order valence-electron chi connectivity index (χ4n) is 3.96. The number of hydrogen-bond acceptors (Lipinski definition) is 6. The average Bonchev–Trinajstić information content (AvgIpc) is 3.17. The van der Waals surface area contributed by atoms with Gasteiger partial charge in [0.25, 0.3) is 5.95 Å². The Hall–Kier alpha value is -4.26. The van der Waals surface area contributed by atoms with Crippen LogP contribution in [0, 0.1) is 13.8 Å². The van der Waals surface area contributed by atoms with Gasteiger partial charge in [0.1, 0.15) is 11.5 Å². The van der Waals surface area contributed by atoms with E-state index < -0.39 is 0 Å². The molecule has 1 aromatic heterocycles. The first-order valence-electron chi connectivity index (χ1n) is 10.7. The molecule has 33 heavy (non-hydrogen) atoms. The van der Waals surface area contributed by atoms with Crippen LogP contribution in [0.1, 0.15) is 38.4 Å². The van der Waals surface area contributed by atoms with E-state index in [1.54, 1.807) is 12.1 Å². The van der Waals surface area contributed by atoms with Gasteiger partial charge in [0.05, 0.1) is 24.9 Å². The molecule has 3 aromatic carbocycles. The Morgan fingerprint density at radius 3 is 2.36 bits per heavy atom. The molecule has 7 nitrogen and oxygen atoms in total. The molecule has 0 atom stereocenters. The van der Waals surface area contributed by atoms with E-state index in [1.165, 1.54) is 12.7 Å². The second-order valence-corrected chi connectivity index (χ2v) is 7.96. The summed E-state index contributed by atoms with van der Waals surface area (Å²) in [7, 11) is 1.38. The molecular formula is C26H23N5O2. The monoisotopic (exact) mass is 437 g/mol. The molecule has 0 aliphatic carbocycles. The summed E-state index contributed by atoms with van der Waals surface area (Å²) in [5, 5.41) is 15.7. The van der Waals surface area contributed by atoms with Crippen molar-refractivity contribution in [2.45, 2.75) is 20.4 Å². The van der Waals surface area contributed by atoms with E-state index in [-0.39, 0.29) is 5.97 Å². The van der Waals surface area contributed by atoms with Crippen LogP contribution in [-0.2, 0) is 11.3 Å². The Morgan fingerprint density at radius 1 is 0.909 bits per heavy atom. The Morgan fingerprint density at radius 2 is 1.64 bits per heavy atom. The van der Waals surface area contributed by atoms with Crippen LogP contribution in [0.4, 0.5) is 5.95 Å². The van der Waals surface area contributed by atoms with Crippen LogP contribution in [0.25, 0.3) is 5.69 Å². The summed E-state index contributed by atoms with van der Waals surface area (Å²) in [5.41, 5.74) is 6.56. The number of anilines is 1. The Kier molecular flexibility index (Phi) is 5.22. The van der Waals surface area contributed by atoms with Crippen LogP contribution in [-0.4, -0.2) is 33.6 Å². The van der Waals surface area contributed by atoms with E-state index in [2.05, 4.69) is 53.5 Å². The molecule has 5 rings (SSSR count). The molecule has 0 unspecified atom stereocenters. The van der Waals surface area contributed by atoms with Gasteiger partial charge in [0.2, 0.25) is 0 Å². The number of methoxy groups -OCH3 is 1. The summed E-state index contributed by atoms with van der Waals surface area (Å²) in [6.45, 7) is 4.47. The van der Waals surface area contributed by atoms with Crippen molar-refractivity contribution in [3.63, 3.8) is 0 Å². The van der Waals surface area contributed by atoms with E-state index in [0.717, 1.165) is 33.9 Å². The second-order valence-electron chi connectivity index (χ2n) is 7.96. The van der Waals surface area contributed by atoms with Crippen LogP contribution in [0.15, 0.2) is 77.9 Å². The van der Waals surface area contributed by atoms with Crippen molar-refractivity contribution in [1.82, 2.24) is 14.8 Å². The minimum Gasteiger partial charge on any atom is -0.465 e. The zero-order valence-corrected chi connectivity index (χ0v) is 18.7. The summed E-state index contributed by atoms with van der Waals surface area (Å²) < 4.78 is 6.84. The largest absolute Gasteiger partial charge is 0.465 e. The average molecular weight is 438 g/mol. The molecule has 0 spiro atoms. The molecule has 0 saturated heterocycles. The Balaban J connectivity index is 1.64. The van der Waals surface area contributed by atoms with Gasteiger partial charge >= 0.3 is 5.97 Å². The van der Waals surface area contributed by atoms with Gasteiger partial charge in [-0.1, -0.05) is 60.2 Å². The van der Waals surface area contributed by atoms with Crippen molar-refractivity contribution in [2.24, 2.45) is 5.10 Å². The molecule has 1 aliphatic heterocycles. The summed E-state index contributed by atoms with van der Waals surface area (Å²) in [4.78, 5) is 11.8. The van der Waals surface area contributed by atoms with Crippen molar-refractivity contribution in [3.8, 4) is 5.69 Å². The van der Waals surface area contributed by atoms with E-state index in [9.17, 15) is 4.79 Å². The predicted octanol–water partition coefficient (Wildman–Crippen LogP) is 4.44. The van der Waals surface area contributed by atoms with Crippen molar-refractivity contribution < 1.29 is 9.53 Å². The number of esters is 1. The maximum absolute atomic E-state index is 11.8. The summed E-state index contributed by atoms with van der Waals surface area (Å²) in [6.07, 6.45) is 0. The molecule has 0 saturated carbocycles. The SMILES string of the molecule is COC(=O)c1ccc(CN2N=C(c3ccc(C)cc3)c3ccccc3-n3c(C)nnc32)cc1. The first kappa shape index (κ1) is 20.6. The maximum Gasteiger partial charge on any atom is 0.337 e. The molecule has 164 valence electrons. The highest BCUT2D eigenvalue weighted by atomic mass is 16.5. The van der Waals surface area contributed by atoms with Gasteiger partial charge in [-0.15, -0.1) is 10.2 Å². The lowest BCUT2D eigenvalue weighted by molar-refractivity contribution is 0.0600. The minimum atomic E-state index is -0.359. The number of hydrazone groups is 1. The number of aromatic nitrogens is 3. The molecule has 0 amide bonds. The molecule has 0 radical (unpaired) electrons. The topological polar surface area (TPSA) is 72.6 Å². The molecule has 1 aliphatic rings. The lowest BCUT2D eigenvalue weighted by Crippen LogP contribution is -2.20. The highest BCUT2D eigenvalue weighted by Crippen LogP contribution is 2.30. The fraction of sp³-hybridized carbons (Fsp3) is 0.154. The molecular weight excluding hydrogens is 414 g/mol. The Bertz CT molecular complexity index is 1350. The van der Waals surface area contributed by atoms with Gasteiger partial charge in [0, 0.05) is 11.1 Å². The lowest BCUT2D eigenvalue weighted by Gasteiger charge is -2.18. The highest BCUT2D eigenvalue weighted by molar-refractivity contribution is 6.15. The van der Waals surface area contributed by atoms with Crippen molar-refractivity contribution in [2.75, 3.05) is 12.1 Å². The van der Waals surface area contributed by atoms with E-state index in [4.69, 9.17) is 9.84 Å². The summed E-state index contributed by atoms with van der Waals surface area (Å²) in [6, 6.07) is 23.8. The number of nitrogens with zero attached hydrogens (tertiary/aromatic N) is 5. The number of benzene rings is 3. The second kappa shape index (κ2) is 8.35. The third-order valence-corrected chi connectivity index (χ3v) is 5.69. The fourth-order valence-corrected chi connectivity index (χ4v) is 3.96. The first-order chi connectivity index (χ1) is 16.0. The lowest BCUT2D eigenvalue weighted by atomic mass is 9.99. The van der Waals surface area contributed by atoms with Crippen LogP contribution < -0.4 is 5.01 Å². The zero-order chi connectivity index (χ0) is 22.9. The number of fused-ring (bicyclic) bond motifs is 3. The van der Waals surface area contributed by atoms with Gasteiger partial charge in [-0.3, -0.25) is 4.57 Å². The summed E-state index contributed by atoms with van der Waals surface area (Å²) >= 11 is 0. The Labute approximate surface area is 192 Å². The predicted molar refractivity (Wildman–Crippen MR) is 127 cm³/mol. The molecule has 4 aromatic rings. The third-order valence-electron chi connectivity index (χ3n) is 5.69. The number of carbonyl (C=O) groups is 1. The zero-order valence-electron chi connectivity index (χ0n) is 18.7. The normalized spacial score (nSPS) is 12.5. The number of carbonyl (C=O) groups excluding carboxylic acids is 1. The third kappa shape index (κ3) is 3.78. The number of hydrogen-bond donors (Lipinski definition) is 0. The van der Waals surface area contributed by atoms with Gasteiger partial charge < -0.3 is 4.74 Å². The number of rotatable bonds is 4. The summed E-state index contributed by atoms with van der Waals surface area (Å²) in [5.74, 6) is 1.06. The van der Waals surface area contributed by atoms with Gasteiger partial charge in [0.15, 0.2) is 0 Å². The number of para-hydroxylation sites is 1.